The van der Waals surface area contributed by atoms with Gasteiger partial charge in [-0.2, -0.15) is 0 Å². The Labute approximate surface area is 104 Å². The van der Waals surface area contributed by atoms with Crippen LogP contribution in [-0.2, 0) is 9.84 Å². The minimum Gasteiger partial charge on any atom is -0.323 e. The third-order valence-electron chi connectivity index (χ3n) is 3.13. The van der Waals surface area contributed by atoms with Gasteiger partial charge in [-0.1, -0.05) is 43.7 Å². The molecule has 0 radical (unpaired) electrons. The molecule has 0 unspecified atom stereocenters. The molecule has 17 heavy (non-hydrogen) atoms. The number of aryl methyl sites for hydroxylation is 1. The summed E-state index contributed by atoms with van der Waals surface area (Å²) in [7, 11) is -3.09. The van der Waals surface area contributed by atoms with Crippen LogP contribution in [0.15, 0.2) is 24.3 Å². The Morgan fingerprint density at radius 2 is 1.71 bits per heavy atom. The lowest BCUT2D eigenvalue weighted by molar-refractivity contribution is 0.549. The molecule has 2 atom stereocenters. The second-order valence-electron chi connectivity index (χ2n) is 4.33. The van der Waals surface area contributed by atoms with E-state index in [1.165, 1.54) is 0 Å². The van der Waals surface area contributed by atoms with Gasteiger partial charge in [0.1, 0.15) is 0 Å². The average Bonchev–Trinajstić information content (AvgIpc) is 2.30. The fraction of sp³-hybridized carbons (Fsp3) is 0.538. The molecular weight excluding hydrogens is 234 g/mol. The van der Waals surface area contributed by atoms with Gasteiger partial charge in [0, 0.05) is 11.8 Å². The van der Waals surface area contributed by atoms with Gasteiger partial charge < -0.3 is 5.73 Å². The van der Waals surface area contributed by atoms with Gasteiger partial charge in [-0.05, 0) is 18.9 Å². The highest BCUT2D eigenvalue weighted by Gasteiger charge is 2.29. The quantitative estimate of drug-likeness (QED) is 0.877. The van der Waals surface area contributed by atoms with Crippen molar-refractivity contribution in [1.82, 2.24) is 0 Å². The van der Waals surface area contributed by atoms with Crippen LogP contribution in [-0.4, -0.2) is 19.4 Å². The van der Waals surface area contributed by atoms with Gasteiger partial charge in [-0.25, -0.2) is 8.42 Å². The second-order valence-corrected chi connectivity index (χ2v) is 6.84. The molecule has 0 aliphatic heterocycles. The fourth-order valence-corrected chi connectivity index (χ4v) is 3.49. The van der Waals surface area contributed by atoms with E-state index in [1.54, 1.807) is 6.92 Å². The molecule has 1 aromatic rings. The van der Waals surface area contributed by atoms with Crippen LogP contribution >= 0.6 is 0 Å². The first-order valence-corrected chi connectivity index (χ1v) is 7.67. The number of nitrogens with two attached hydrogens (primary N) is 1. The zero-order chi connectivity index (χ0) is 13.1. The van der Waals surface area contributed by atoms with E-state index >= 15 is 0 Å². The standard InChI is InChI=1S/C13H21NO2S/c1-4-12(17(15,16)5-2)13(14)11-8-6-10(3)7-9-11/h6-9,12-13H,4-5,14H2,1-3H3/t12-,13-/m1/s1. The number of hydrogen-bond acceptors (Lipinski definition) is 3. The van der Waals surface area contributed by atoms with Gasteiger partial charge in [0.25, 0.3) is 0 Å². The molecule has 0 spiro atoms. The van der Waals surface area contributed by atoms with Crippen molar-refractivity contribution in [3.63, 3.8) is 0 Å². The van der Waals surface area contributed by atoms with Crippen LogP contribution in [0, 0.1) is 6.92 Å². The summed E-state index contributed by atoms with van der Waals surface area (Å²) in [5.74, 6) is 0.144. The van der Waals surface area contributed by atoms with Crippen molar-refractivity contribution in [2.45, 2.75) is 38.5 Å². The molecule has 0 bridgehead atoms. The third kappa shape index (κ3) is 3.30. The molecule has 0 aromatic heterocycles. The van der Waals surface area contributed by atoms with Gasteiger partial charge in [0.2, 0.25) is 0 Å². The molecule has 0 heterocycles. The predicted molar refractivity (Wildman–Crippen MR) is 71.6 cm³/mol. The molecule has 0 amide bonds. The number of sulfone groups is 1. The van der Waals surface area contributed by atoms with Crippen molar-refractivity contribution in [2.24, 2.45) is 5.73 Å². The van der Waals surface area contributed by atoms with Gasteiger partial charge >= 0.3 is 0 Å². The Morgan fingerprint density at radius 1 is 1.18 bits per heavy atom. The largest absolute Gasteiger partial charge is 0.323 e. The van der Waals surface area contributed by atoms with E-state index in [9.17, 15) is 8.42 Å². The first kappa shape index (κ1) is 14.2. The molecule has 96 valence electrons. The Kier molecular flexibility index (Phi) is 4.71. The Bertz CT molecular complexity index is 451. The highest BCUT2D eigenvalue weighted by Crippen LogP contribution is 2.23. The number of rotatable bonds is 5. The SMILES string of the molecule is CC[C@H]([C@H](N)c1ccc(C)cc1)S(=O)(=O)CC. The van der Waals surface area contributed by atoms with Crippen LogP contribution < -0.4 is 5.73 Å². The van der Waals surface area contributed by atoms with Crippen molar-refractivity contribution in [3.05, 3.63) is 35.4 Å². The lowest BCUT2D eigenvalue weighted by atomic mass is 10.0. The molecule has 1 rings (SSSR count). The topological polar surface area (TPSA) is 60.2 Å². The van der Waals surface area contributed by atoms with Crippen LogP contribution in [0.25, 0.3) is 0 Å². The molecule has 2 N–H and O–H groups in total. The maximum absolute atomic E-state index is 11.9. The van der Waals surface area contributed by atoms with Crippen molar-refractivity contribution < 1.29 is 8.42 Å². The van der Waals surface area contributed by atoms with Crippen LogP contribution in [0.4, 0.5) is 0 Å². The smallest absolute Gasteiger partial charge is 0.154 e. The predicted octanol–water partition coefficient (Wildman–Crippen LogP) is 2.21. The molecule has 3 nitrogen and oxygen atoms in total. The summed E-state index contributed by atoms with van der Waals surface area (Å²) in [6.45, 7) is 5.53. The van der Waals surface area contributed by atoms with E-state index in [0.717, 1.165) is 11.1 Å². The zero-order valence-corrected chi connectivity index (χ0v) is 11.5. The molecule has 0 aliphatic carbocycles. The van der Waals surface area contributed by atoms with E-state index in [-0.39, 0.29) is 5.75 Å². The van der Waals surface area contributed by atoms with Crippen LogP contribution in [0.3, 0.4) is 0 Å². The minimum atomic E-state index is -3.09. The van der Waals surface area contributed by atoms with Crippen molar-refractivity contribution in [2.75, 3.05) is 5.75 Å². The van der Waals surface area contributed by atoms with E-state index < -0.39 is 21.1 Å². The van der Waals surface area contributed by atoms with Crippen LogP contribution in [0.5, 0.6) is 0 Å². The second kappa shape index (κ2) is 5.65. The Hall–Kier alpha value is -0.870. The molecule has 0 aliphatic rings. The van der Waals surface area contributed by atoms with Gasteiger partial charge in [-0.3, -0.25) is 0 Å². The third-order valence-corrected chi connectivity index (χ3v) is 5.48. The summed E-state index contributed by atoms with van der Waals surface area (Å²) in [6, 6.07) is 7.30. The molecule has 0 fully saturated rings. The summed E-state index contributed by atoms with van der Waals surface area (Å²) in [4.78, 5) is 0. The fourth-order valence-electron chi connectivity index (χ4n) is 1.95. The lowest BCUT2D eigenvalue weighted by Gasteiger charge is -2.22. The molecular formula is C13H21NO2S. The molecule has 0 saturated carbocycles. The number of hydrogen-bond donors (Lipinski definition) is 1. The van der Waals surface area contributed by atoms with E-state index in [4.69, 9.17) is 5.73 Å². The van der Waals surface area contributed by atoms with Crippen LogP contribution in [0.1, 0.15) is 37.4 Å². The molecule has 0 saturated heterocycles. The number of benzene rings is 1. The highest BCUT2D eigenvalue weighted by atomic mass is 32.2. The molecule has 1 aromatic carbocycles. The van der Waals surface area contributed by atoms with Gasteiger partial charge in [0.15, 0.2) is 9.84 Å². The maximum Gasteiger partial charge on any atom is 0.154 e. The van der Waals surface area contributed by atoms with Crippen molar-refractivity contribution in [3.8, 4) is 0 Å². The van der Waals surface area contributed by atoms with Crippen LogP contribution in [0.2, 0.25) is 0 Å². The van der Waals surface area contributed by atoms with E-state index in [2.05, 4.69) is 0 Å². The summed E-state index contributed by atoms with van der Waals surface area (Å²) in [5, 5.41) is -0.491. The monoisotopic (exact) mass is 255 g/mol. The summed E-state index contributed by atoms with van der Waals surface area (Å²) in [5.41, 5.74) is 8.12. The van der Waals surface area contributed by atoms with Gasteiger partial charge in [0.05, 0.1) is 5.25 Å². The van der Waals surface area contributed by atoms with E-state index in [1.807, 2.05) is 38.1 Å². The maximum atomic E-state index is 11.9. The lowest BCUT2D eigenvalue weighted by Crippen LogP contribution is -2.34. The summed E-state index contributed by atoms with van der Waals surface area (Å²) in [6.07, 6.45) is 0.547. The highest BCUT2D eigenvalue weighted by molar-refractivity contribution is 7.92. The summed E-state index contributed by atoms with van der Waals surface area (Å²) < 4.78 is 23.9. The van der Waals surface area contributed by atoms with Gasteiger partial charge in [-0.15, -0.1) is 0 Å². The first-order valence-electron chi connectivity index (χ1n) is 5.96. The normalized spacial score (nSPS) is 15.5. The van der Waals surface area contributed by atoms with Crippen molar-refractivity contribution >= 4 is 9.84 Å². The summed E-state index contributed by atoms with van der Waals surface area (Å²) >= 11 is 0. The zero-order valence-electron chi connectivity index (χ0n) is 10.7. The van der Waals surface area contributed by atoms with Crippen molar-refractivity contribution in [1.29, 1.82) is 0 Å². The Morgan fingerprint density at radius 3 is 2.12 bits per heavy atom. The average molecular weight is 255 g/mol. The van der Waals surface area contributed by atoms with E-state index in [0.29, 0.717) is 6.42 Å². The molecule has 4 heteroatoms. The first-order chi connectivity index (χ1) is 7.92. The minimum absolute atomic E-state index is 0.144. The Balaban J connectivity index is 3.02.